The van der Waals surface area contributed by atoms with Crippen molar-refractivity contribution in [2.24, 2.45) is 5.92 Å². The van der Waals surface area contributed by atoms with Gasteiger partial charge in [0.25, 0.3) is 5.91 Å². The van der Waals surface area contributed by atoms with Crippen LogP contribution in [0.15, 0.2) is 84.9 Å². The molecule has 0 unspecified atom stereocenters. The molecule has 2 atom stereocenters. The van der Waals surface area contributed by atoms with Crippen LogP contribution in [0.3, 0.4) is 0 Å². The number of amides is 3. The normalized spacial score (nSPS) is 19.0. The number of rotatable bonds is 11. The van der Waals surface area contributed by atoms with Crippen molar-refractivity contribution in [3.63, 3.8) is 0 Å². The molecule has 0 bridgehead atoms. The second-order valence-corrected chi connectivity index (χ2v) is 11.6. The van der Waals surface area contributed by atoms with Gasteiger partial charge in [-0.05, 0) is 41.5 Å². The van der Waals surface area contributed by atoms with Gasteiger partial charge in [0.05, 0.1) is 25.4 Å². The zero-order valence-electron chi connectivity index (χ0n) is 24.7. The van der Waals surface area contributed by atoms with Crippen LogP contribution in [0.2, 0.25) is 5.02 Å². The van der Waals surface area contributed by atoms with Crippen molar-refractivity contribution in [1.82, 2.24) is 10.2 Å². The van der Waals surface area contributed by atoms with Gasteiger partial charge in [0.1, 0.15) is 0 Å². The highest BCUT2D eigenvalue weighted by atomic mass is 35.5. The SMILES string of the molecule is C[C@H](/C=C/CC(=O)N(CCO)Cc1ccccc1)[C@@]1(O)C(=O)N(Cc2ccc(N3CCNCC3=O)cc2)c2ccc(Cl)cc21. The first-order chi connectivity index (χ1) is 21.2. The molecule has 1 fully saturated rings. The molecular weight excluding hydrogens is 580 g/mol. The Hall–Kier alpha value is -4.02. The second-order valence-electron chi connectivity index (χ2n) is 11.2. The summed E-state index contributed by atoms with van der Waals surface area (Å²) in [6.07, 6.45) is 3.40. The van der Waals surface area contributed by atoms with Crippen molar-refractivity contribution in [1.29, 1.82) is 0 Å². The molecule has 5 rings (SSSR count). The summed E-state index contributed by atoms with van der Waals surface area (Å²) in [4.78, 5) is 44.1. The fourth-order valence-electron chi connectivity index (χ4n) is 5.78. The van der Waals surface area contributed by atoms with Crippen LogP contribution in [0.5, 0.6) is 0 Å². The fourth-order valence-corrected chi connectivity index (χ4v) is 5.95. The van der Waals surface area contributed by atoms with Gasteiger partial charge >= 0.3 is 0 Å². The molecule has 3 aromatic carbocycles. The maximum absolute atomic E-state index is 13.9. The van der Waals surface area contributed by atoms with Crippen molar-refractivity contribution in [3.8, 4) is 0 Å². The van der Waals surface area contributed by atoms with Gasteiger partial charge < -0.3 is 30.2 Å². The summed E-state index contributed by atoms with van der Waals surface area (Å²) in [5.74, 6) is -1.32. The first kappa shape index (κ1) is 31.4. The molecule has 44 heavy (non-hydrogen) atoms. The number of benzene rings is 3. The van der Waals surface area contributed by atoms with Gasteiger partial charge in [-0.2, -0.15) is 0 Å². The third-order valence-corrected chi connectivity index (χ3v) is 8.46. The third kappa shape index (κ3) is 6.56. The number of fused-ring (bicyclic) bond motifs is 1. The quantitative estimate of drug-likeness (QED) is 0.284. The molecule has 1 saturated heterocycles. The summed E-state index contributed by atoms with van der Waals surface area (Å²) in [7, 11) is 0. The van der Waals surface area contributed by atoms with E-state index in [1.807, 2.05) is 54.6 Å². The molecule has 0 aliphatic carbocycles. The van der Waals surface area contributed by atoms with Crippen LogP contribution >= 0.6 is 11.6 Å². The van der Waals surface area contributed by atoms with Crippen molar-refractivity contribution in [2.75, 3.05) is 42.6 Å². The van der Waals surface area contributed by atoms with Gasteiger partial charge in [-0.25, -0.2) is 0 Å². The molecular formula is C34H37ClN4O5. The van der Waals surface area contributed by atoms with E-state index in [-0.39, 0.29) is 37.9 Å². The molecule has 9 nitrogen and oxygen atoms in total. The van der Waals surface area contributed by atoms with Crippen LogP contribution in [-0.2, 0) is 33.1 Å². The Morgan fingerprint density at radius 3 is 2.55 bits per heavy atom. The Morgan fingerprint density at radius 1 is 1.09 bits per heavy atom. The highest BCUT2D eigenvalue weighted by Gasteiger charge is 2.52. The largest absolute Gasteiger partial charge is 0.395 e. The minimum Gasteiger partial charge on any atom is -0.395 e. The molecule has 2 heterocycles. The lowest BCUT2D eigenvalue weighted by Crippen LogP contribution is -2.48. The Kier molecular flexibility index (Phi) is 9.80. The molecule has 230 valence electrons. The van der Waals surface area contributed by atoms with E-state index in [2.05, 4.69) is 5.32 Å². The van der Waals surface area contributed by atoms with Crippen LogP contribution in [0, 0.1) is 5.92 Å². The number of halogens is 1. The summed E-state index contributed by atoms with van der Waals surface area (Å²) >= 11 is 6.32. The van der Waals surface area contributed by atoms with E-state index in [0.29, 0.717) is 35.9 Å². The molecule has 2 aliphatic rings. The minimum atomic E-state index is -1.89. The van der Waals surface area contributed by atoms with Gasteiger partial charge in [0.15, 0.2) is 5.60 Å². The lowest BCUT2D eigenvalue weighted by atomic mass is 9.83. The van der Waals surface area contributed by atoms with E-state index in [9.17, 15) is 24.6 Å². The van der Waals surface area contributed by atoms with E-state index < -0.39 is 17.4 Å². The molecule has 3 aromatic rings. The van der Waals surface area contributed by atoms with Crippen LogP contribution in [0.25, 0.3) is 0 Å². The first-order valence-electron chi connectivity index (χ1n) is 14.8. The monoisotopic (exact) mass is 616 g/mol. The lowest BCUT2D eigenvalue weighted by Gasteiger charge is -2.28. The standard InChI is InChI=1S/C34H37ClN4O5/c1-24(6-5-9-31(41)37(18-19-40)22-25-7-3-2-4-8-25)34(44)29-20-27(35)12-15-30(29)39(33(34)43)23-26-10-13-28(14-11-26)38-17-16-36-21-32(38)42/h2-8,10-15,20,24,36,40,44H,9,16-19,21-23H2,1H3/b6-5+/t24-,34+/m1/s1. The van der Waals surface area contributed by atoms with E-state index in [0.717, 1.165) is 23.4 Å². The zero-order chi connectivity index (χ0) is 31.3. The number of nitrogens with zero attached hydrogens (tertiary/aromatic N) is 3. The zero-order valence-corrected chi connectivity index (χ0v) is 25.4. The summed E-state index contributed by atoms with van der Waals surface area (Å²) in [6, 6.07) is 22.1. The van der Waals surface area contributed by atoms with Gasteiger partial charge in [0.2, 0.25) is 11.8 Å². The average molecular weight is 617 g/mol. The van der Waals surface area contributed by atoms with Crippen LogP contribution in [0.4, 0.5) is 11.4 Å². The van der Waals surface area contributed by atoms with Crippen molar-refractivity contribution in [3.05, 3.63) is 107 Å². The van der Waals surface area contributed by atoms with Gasteiger partial charge in [0, 0.05) is 54.8 Å². The molecule has 3 amide bonds. The molecule has 10 heteroatoms. The second kappa shape index (κ2) is 13.7. The van der Waals surface area contributed by atoms with E-state index in [1.165, 1.54) is 0 Å². The van der Waals surface area contributed by atoms with Crippen molar-refractivity contribution in [2.45, 2.75) is 32.0 Å². The Morgan fingerprint density at radius 2 is 1.84 bits per heavy atom. The predicted molar refractivity (Wildman–Crippen MR) is 170 cm³/mol. The maximum atomic E-state index is 13.9. The highest BCUT2D eigenvalue weighted by Crippen LogP contribution is 2.46. The first-order valence-corrected chi connectivity index (χ1v) is 15.1. The Balaban J connectivity index is 1.31. The number of carbonyl (C=O) groups is 3. The topological polar surface area (TPSA) is 113 Å². The van der Waals surface area contributed by atoms with E-state index >= 15 is 0 Å². The smallest absolute Gasteiger partial charge is 0.264 e. The summed E-state index contributed by atoms with van der Waals surface area (Å²) in [5.41, 5.74) is 1.68. The van der Waals surface area contributed by atoms with E-state index in [1.54, 1.807) is 52.0 Å². The van der Waals surface area contributed by atoms with Crippen LogP contribution in [0.1, 0.15) is 30.0 Å². The van der Waals surface area contributed by atoms with Gasteiger partial charge in [-0.3, -0.25) is 14.4 Å². The summed E-state index contributed by atoms with van der Waals surface area (Å²) in [5, 5.41) is 24.9. The number of piperazine rings is 1. The van der Waals surface area contributed by atoms with Crippen LogP contribution in [-0.4, -0.2) is 65.6 Å². The molecule has 0 spiro atoms. The number of hydrogen-bond donors (Lipinski definition) is 3. The van der Waals surface area contributed by atoms with E-state index in [4.69, 9.17) is 11.6 Å². The number of nitrogens with one attached hydrogen (secondary N) is 1. The Bertz CT molecular complexity index is 1530. The molecule has 0 saturated carbocycles. The minimum absolute atomic E-state index is 0.00985. The third-order valence-electron chi connectivity index (χ3n) is 8.22. The molecule has 2 aliphatic heterocycles. The lowest BCUT2D eigenvalue weighted by molar-refractivity contribution is -0.139. The molecule has 0 radical (unpaired) electrons. The number of aliphatic hydroxyl groups excluding tert-OH is 1. The average Bonchev–Trinajstić information content (AvgIpc) is 3.24. The number of anilines is 2. The summed E-state index contributed by atoms with van der Waals surface area (Å²) in [6.45, 7) is 4.00. The highest BCUT2D eigenvalue weighted by molar-refractivity contribution is 6.31. The van der Waals surface area contributed by atoms with Gasteiger partial charge in [-0.15, -0.1) is 0 Å². The number of hydrogen-bond acceptors (Lipinski definition) is 6. The maximum Gasteiger partial charge on any atom is 0.264 e. The fraction of sp³-hybridized carbons (Fsp3) is 0.324. The van der Waals surface area contributed by atoms with Crippen molar-refractivity contribution < 1.29 is 24.6 Å². The number of aliphatic hydroxyl groups is 2. The van der Waals surface area contributed by atoms with Crippen LogP contribution < -0.4 is 15.1 Å². The van der Waals surface area contributed by atoms with Gasteiger partial charge in [-0.1, -0.05) is 73.1 Å². The summed E-state index contributed by atoms with van der Waals surface area (Å²) < 4.78 is 0. The Labute approximate surface area is 262 Å². The predicted octanol–water partition coefficient (Wildman–Crippen LogP) is 3.61. The molecule has 0 aromatic heterocycles. The van der Waals surface area contributed by atoms with Crippen molar-refractivity contribution >= 4 is 40.7 Å². The number of carbonyl (C=O) groups excluding carboxylic acids is 3. The molecule has 3 N–H and O–H groups in total.